The second-order valence-electron chi connectivity index (χ2n) is 3.05. The lowest BCUT2D eigenvalue weighted by atomic mass is 10.1. The Bertz CT molecular complexity index is 533. The molecule has 0 aliphatic carbocycles. The van der Waals surface area contributed by atoms with Crippen molar-refractivity contribution >= 4 is 26.8 Å². The fourth-order valence-electron chi connectivity index (χ4n) is 1.40. The van der Waals surface area contributed by atoms with Crippen LogP contribution >= 0.6 is 15.9 Å². The van der Waals surface area contributed by atoms with Crippen molar-refractivity contribution in [2.24, 2.45) is 0 Å². The molecule has 0 amide bonds. The molecule has 0 saturated carbocycles. The van der Waals surface area contributed by atoms with E-state index in [0.717, 1.165) is 22.0 Å². The number of benzene rings is 1. The molecule has 1 N–H and O–H groups in total. The molecule has 2 rings (SSSR count). The van der Waals surface area contributed by atoms with Crippen molar-refractivity contribution in [2.75, 3.05) is 0 Å². The quantitative estimate of drug-likeness (QED) is 0.847. The number of nitrogens with zero attached hydrogens (tertiary/aromatic N) is 1. The number of H-pyrrole nitrogens is 1. The smallest absolute Gasteiger partial charge is 0.258 e. The average Bonchev–Trinajstić information content (AvgIpc) is 2.19. The van der Waals surface area contributed by atoms with Crippen LogP contribution in [0.2, 0.25) is 0 Å². The molecule has 0 saturated heterocycles. The van der Waals surface area contributed by atoms with Gasteiger partial charge in [-0.05, 0) is 24.1 Å². The Morgan fingerprint density at radius 3 is 3.00 bits per heavy atom. The molecule has 2 aromatic rings. The summed E-state index contributed by atoms with van der Waals surface area (Å²) in [4.78, 5) is 18.1. The molecule has 1 aromatic carbocycles. The molecule has 0 fully saturated rings. The minimum atomic E-state index is -0.0987. The Kier molecular flexibility index (Phi) is 2.37. The molecule has 0 radical (unpaired) electrons. The van der Waals surface area contributed by atoms with Crippen LogP contribution in [-0.4, -0.2) is 9.97 Å². The van der Waals surface area contributed by atoms with Crippen molar-refractivity contribution in [2.45, 2.75) is 13.3 Å². The van der Waals surface area contributed by atoms with Crippen LogP contribution in [0.4, 0.5) is 0 Å². The van der Waals surface area contributed by atoms with Gasteiger partial charge in [-0.2, -0.15) is 0 Å². The van der Waals surface area contributed by atoms with Crippen molar-refractivity contribution in [3.63, 3.8) is 0 Å². The Labute approximate surface area is 89.3 Å². The first-order valence-electron chi connectivity index (χ1n) is 4.38. The highest BCUT2D eigenvalue weighted by Crippen LogP contribution is 2.21. The number of nitrogens with one attached hydrogen (secondary N) is 1. The van der Waals surface area contributed by atoms with E-state index in [0.29, 0.717) is 5.39 Å². The zero-order chi connectivity index (χ0) is 10.1. The zero-order valence-corrected chi connectivity index (χ0v) is 9.26. The summed E-state index contributed by atoms with van der Waals surface area (Å²) < 4.78 is 0.964. The summed E-state index contributed by atoms with van der Waals surface area (Å²) in [5.41, 5.74) is 1.81. The Morgan fingerprint density at radius 2 is 2.29 bits per heavy atom. The highest BCUT2D eigenvalue weighted by molar-refractivity contribution is 9.10. The number of aromatic amines is 1. The molecule has 1 heterocycles. The van der Waals surface area contributed by atoms with Crippen LogP contribution in [-0.2, 0) is 6.42 Å². The highest BCUT2D eigenvalue weighted by atomic mass is 79.9. The third-order valence-electron chi connectivity index (χ3n) is 2.19. The summed E-state index contributed by atoms with van der Waals surface area (Å²) in [7, 11) is 0. The second kappa shape index (κ2) is 3.53. The topological polar surface area (TPSA) is 45.8 Å². The number of hydrogen-bond acceptors (Lipinski definition) is 2. The number of halogens is 1. The molecule has 1 aromatic heterocycles. The van der Waals surface area contributed by atoms with Gasteiger partial charge in [0.05, 0.1) is 17.2 Å². The first-order chi connectivity index (χ1) is 6.72. The molecule has 0 aliphatic rings. The van der Waals surface area contributed by atoms with Crippen LogP contribution in [0, 0.1) is 0 Å². The number of aromatic nitrogens is 2. The van der Waals surface area contributed by atoms with Gasteiger partial charge in [-0.25, -0.2) is 4.98 Å². The van der Waals surface area contributed by atoms with E-state index in [2.05, 4.69) is 32.8 Å². The number of hydrogen-bond donors (Lipinski definition) is 1. The van der Waals surface area contributed by atoms with Crippen molar-refractivity contribution in [3.8, 4) is 0 Å². The lowest BCUT2D eigenvalue weighted by molar-refractivity contribution is 1.12. The third kappa shape index (κ3) is 1.46. The first kappa shape index (κ1) is 9.40. The molecule has 0 bridgehead atoms. The van der Waals surface area contributed by atoms with Gasteiger partial charge in [0.1, 0.15) is 0 Å². The van der Waals surface area contributed by atoms with E-state index in [4.69, 9.17) is 0 Å². The van der Waals surface area contributed by atoms with E-state index in [1.165, 1.54) is 6.33 Å². The lowest BCUT2D eigenvalue weighted by Crippen LogP contribution is -2.06. The summed E-state index contributed by atoms with van der Waals surface area (Å²) >= 11 is 3.43. The molecule has 0 spiro atoms. The van der Waals surface area contributed by atoms with Gasteiger partial charge < -0.3 is 4.98 Å². The van der Waals surface area contributed by atoms with Gasteiger partial charge in [-0.3, -0.25) is 4.79 Å². The number of aryl methyl sites for hydroxylation is 1. The minimum Gasteiger partial charge on any atom is -0.313 e. The van der Waals surface area contributed by atoms with Gasteiger partial charge in [0.15, 0.2) is 0 Å². The van der Waals surface area contributed by atoms with Gasteiger partial charge in [0.2, 0.25) is 0 Å². The second-order valence-corrected chi connectivity index (χ2v) is 3.90. The fraction of sp³-hybridized carbons (Fsp3) is 0.200. The van der Waals surface area contributed by atoms with Crippen LogP contribution in [0.15, 0.2) is 27.7 Å². The largest absolute Gasteiger partial charge is 0.313 e. The molecular formula is C10H9BrN2O. The van der Waals surface area contributed by atoms with E-state index < -0.39 is 0 Å². The normalized spacial score (nSPS) is 10.7. The van der Waals surface area contributed by atoms with E-state index in [1.54, 1.807) is 0 Å². The Hall–Kier alpha value is -1.16. The van der Waals surface area contributed by atoms with Crippen LogP contribution in [0.3, 0.4) is 0 Å². The molecule has 3 nitrogen and oxygen atoms in total. The third-order valence-corrected chi connectivity index (χ3v) is 2.93. The van der Waals surface area contributed by atoms with Crippen molar-refractivity contribution < 1.29 is 0 Å². The maximum absolute atomic E-state index is 11.4. The number of fused-ring (bicyclic) bond motifs is 1. The predicted octanol–water partition coefficient (Wildman–Crippen LogP) is 2.25. The van der Waals surface area contributed by atoms with Gasteiger partial charge in [0, 0.05) is 4.47 Å². The predicted molar refractivity (Wildman–Crippen MR) is 59.4 cm³/mol. The van der Waals surface area contributed by atoms with Crippen LogP contribution < -0.4 is 5.56 Å². The Morgan fingerprint density at radius 1 is 1.50 bits per heavy atom. The Balaban J connectivity index is 2.86. The van der Waals surface area contributed by atoms with Crippen LogP contribution in [0.5, 0.6) is 0 Å². The molecule has 0 atom stereocenters. The SMILES string of the molecule is CCc1cc2nc[nH]c(=O)c2cc1Br. The van der Waals surface area contributed by atoms with E-state index in [9.17, 15) is 4.79 Å². The van der Waals surface area contributed by atoms with Crippen molar-refractivity contribution in [1.29, 1.82) is 0 Å². The van der Waals surface area contributed by atoms with Crippen molar-refractivity contribution in [1.82, 2.24) is 9.97 Å². The monoisotopic (exact) mass is 252 g/mol. The van der Waals surface area contributed by atoms with Gasteiger partial charge in [-0.15, -0.1) is 0 Å². The minimum absolute atomic E-state index is 0.0987. The lowest BCUT2D eigenvalue weighted by Gasteiger charge is -2.02. The van der Waals surface area contributed by atoms with Crippen LogP contribution in [0.25, 0.3) is 10.9 Å². The first-order valence-corrected chi connectivity index (χ1v) is 5.17. The summed E-state index contributed by atoms with van der Waals surface area (Å²) in [6, 6.07) is 3.76. The maximum atomic E-state index is 11.4. The van der Waals surface area contributed by atoms with Gasteiger partial charge >= 0.3 is 0 Å². The number of rotatable bonds is 1. The molecule has 0 aliphatic heterocycles. The summed E-state index contributed by atoms with van der Waals surface area (Å²) in [5, 5.41) is 0.622. The summed E-state index contributed by atoms with van der Waals surface area (Å²) in [6.07, 6.45) is 2.35. The van der Waals surface area contributed by atoms with E-state index in [1.807, 2.05) is 12.1 Å². The fourth-order valence-corrected chi connectivity index (χ4v) is 2.03. The highest BCUT2D eigenvalue weighted by Gasteiger charge is 2.04. The molecular weight excluding hydrogens is 244 g/mol. The molecule has 72 valence electrons. The average molecular weight is 253 g/mol. The molecule has 0 unspecified atom stereocenters. The van der Waals surface area contributed by atoms with E-state index in [-0.39, 0.29) is 5.56 Å². The molecule has 4 heteroatoms. The van der Waals surface area contributed by atoms with E-state index >= 15 is 0 Å². The maximum Gasteiger partial charge on any atom is 0.258 e. The van der Waals surface area contributed by atoms with Gasteiger partial charge in [0.25, 0.3) is 5.56 Å². The van der Waals surface area contributed by atoms with Crippen LogP contribution in [0.1, 0.15) is 12.5 Å². The molecule has 14 heavy (non-hydrogen) atoms. The zero-order valence-electron chi connectivity index (χ0n) is 7.67. The summed E-state index contributed by atoms with van der Waals surface area (Å²) in [5.74, 6) is 0. The van der Waals surface area contributed by atoms with Gasteiger partial charge in [-0.1, -0.05) is 22.9 Å². The summed E-state index contributed by atoms with van der Waals surface area (Å²) in [6.45, 7) is 2.07. The standard InChI is InChI=1S/C10H9BrN2O/c1-2-6-3-9-7(4-8(6)11)10(14)13-5-12-9/h3-5H,2H2,1H3,(H,12,13,14). The van der Waals surface area contributed by atoms with Crippen molar-refractivity contribution in [3.05, 3.63) is 38.9 Å².